The molecule has 0 aliphatic carbocycles. The highest BCUT2D eigenvalue weighted by molar-refractivity contribution is 9.10. The summed E-state index contributed by atoms with van der Waals surface area (Å²) in [5.41, 5.74) is 0.898. The first-order valence-electron chi connectivity index (χ1n) is 5.50. The van der Waals surface area contributed by atoms with E-state index in [1.54, 1.807) is 0 Å². The van der Waals surface area contributed by atoms with Gasteiger partial charge < -0.3 is 8.95 Å². The van der Waals surface area contributed by atoms with Crippen molar-refractivity contribution in [2.75, 3.05) is 0 Å². The fourth-order valence-corrected chi connectivity index (χ4v) is 2.93. The van der Waals surface area contributed by atoms with Crippen LogP contribution in [0.5, 0.6) is 0 Å². The van der Waals surface area contributed by atoms with E-state index in [1.165, 1.54) is 0 Å². The van der Waals surface area contributed by atoms with E-state index < -0.39 is 9.04 Å². The minimum absolute atomic E-state index is 0.00834. The van der Waals surface area contributed by atoms with Crippen LogP contribution in [-0.2, 0) is 4.43 Å². The van der Waals surface area contributed by atoms with Crippen LogP contribution in [-0.4, -0.2) is 14.2 Å². The summed E-state index contributed by atoms with van der Waals surface area (Å²) in [7, 11) is -1.11. The zero-order chi connectivity index (χ0) is 12.5. The first-order chi connectivity index (χ1) is 7.23. The van der Waals surface area contributed by atoms with Gasteiger partial charge in [0.25, 0.3) is 0 Å². The molecule has 0 N–H and O–H groups in total. The van der Waals surface area contributed by atoms with Gasteiger partial charge in [-0.25, -0.2) is 0 Å². The predicted octanol–water partition coefficient (Wildman–Crippen LogP) is 3.83. The number of aryl methyl sites for hydroxylation is 1. The minimum Gasteiger partial charge on any atom is -0.411 e. The van der Waals surface area contributed by atoms with Crippen LogP contribution in [0.25, 0.3) is 0 Å². The number of nitrogens with zero attached hydrogens (tertiary/aromatic N) is 1. The Morgan fingerprint density at radius 1 is 1.38 bits per heavy atom. The van der Waals surface area contributed by atoms with Crippen molar-refractivity contribution >= 4 is 25.0 Å². The van der Waals surface area contributed by atoms with E-state index in [0.717, 1.165) is 15.9 Å². The monoisotopic (exact) mass is 305 g/mol. The summed E-state index contributed by atoms with van der Waals surface area (Å²) >= 11 is 3.51. The second-order valence-corrected chi connectivity index (χ2v) is 8.53. The van der Waals surface area contributed by atoms with E-state index in [4.69, 9.17) is 8.95 Å². The summed E-state index contributed by atoms with van der Waals surface area (Å²) in [6.45, 7) is 12.7. The molecule has 0 aromatic carbocycles. The lowest BCUT2D eigenvalue weighted by Crippen LogP contribution is -2.26. The highest BCUT2D eigenvalue weighted by Crippen LogP contribution is 2.39. The predicted molar refractivity (Wildman–Crippen MR) is 71.1 cm³/mol. The van der Waals surface area contributed by atoms with E-state index >= 15 is 0 Å². The maximum Gasteiger partial charge on any atom is 0.171 e. The van der Waals surface area contributed by atoms with E-state index in [-0.39, 0.29) is 11.5 Å². The zero-order valence-corrected chi connectivity index (χ0v) is 13.5. The van der Waals surface area contributed by atoms with Gasteiger partial charge in [0, 0.05) is 0 Å². The van der Waals surface area contributed by atoms with Gasteiger partial charge in [0.2, 0.25) is 0 Å². The van der Waals surface area contributed by atoms with Crippen LogP contribution in [0.2, 0.25) is 13.1 Å². The molecular weight excluding hydrogens is 286 g/mol. The molecule has 1 aromatic heterocycles. The Morgan fingerprint density at radius 3 is 2.25 bits per heavy atom. The number of halogens is 1. The van der Waals surface area contributed by atoms with Crippen molar-refractivity contribution in [3.8, 4) is 0 Å². The van der Waals surface area contributed by atoms with Crippen LogP contribution < -0.4 is 0 Å². The maximum absolute atomic E-state index is 6.08. The van der Waals surface area contributed by atoms with Crippen LogP contribution in [0, 0.1) is 12.3 Å². The van der Waals surface area contributed by atoms with Gasteiger partial charge in [0.05, 0.1) is 10.6 Å². The van der Waals surface area contributed by atoms with Crippen LogP contribution in [0.1, 0.15) is 38.3 Å². The quantitative estimate of drug-likeness (QED) is 0.796. The van der Waals surface area contributed by atoms with Crippen molar-refractivity contribution in [2.45, 2.75) is 46.9 Å². The third-order valence-corrected chi connectivity index (χ3v) is 4.04. The van der Waals surface area contributed by atoms with Gasteiger partial charge in [-0.05, 0) is 41.4 Å². The number of hydrogen-bond acceptors (Lipinski definition) is 3. The van der Waals surface area contributed by atoms with Crippen molar-refractivity contribution in [1.29, 1.82) is 0 Å². The Labute approximate surface area is 107 Å². The molecule has 0 fully saturated rings. The molecule has 1 atom stereocenters. The Morgan fingerprint density at radius 2 is 1.94 bits per heavy atom. The molecule has 1 heterocycles. The molecule has 0 radical (unpaired) electrons. The maximum atomic E-state index is 6.08. The summed E-state index contributed by atoms with van der Waals surface area (Å²) in [4.78, 5) is 0. The average Bonchev–Trinajstić information content (AvgIpc) is 2.42. The second-order valence-electron chi connectivity index (χ2n) is 5.37. The van der Waals surface area contributed by atoms with E-state index in [0.29, 0.717) is 0 Å². The molecule has 0 aliphatic heterocycles. The lowest BCUT2D eigenvalue weighted by Gasteiger charge is -2.31. The average molecular weight is 306 g/mol. The molecule has 0 amide bonds. The summed E-state index contributed by atoms with van der Waals surface area (Å²) in [6, 6.07) is 0. The second kappa shape index (κ2) is 5.02. The van der Waals surface area contributed by atoms with Crippen molar-refractivity contribution in [3.05, 3.63) is 15.9 Å². The van der Waals surface area contributed by atoms with Crippen molar-refractivity contribution < 1.29 is 8.95 Å². The van der Waals surface area contributed by atoms with Gasteiger partial charge in [0.15, 0.2) is 9.04 Å². The highest BCUT2D eigenvalue weighted by atomic mass is 79.9. The highest BCUT2D eigenvalue weighted by Gasteiger charge is 2.32. The molecule has 0 aliphatic rings. The largest absolute Gasteiger partial charge is 0.411 e. The Hall–Kier alpha value is -0.133. The van der Waals surface area contributed by atoms with Gasteiger partial charge in [0.1, 0.15) is 11.5 Å². The first-order valence-corrected chi connectivity index (χ1v) is 9.08. The summed E-state index contributed by atoms with van der Waals surface area (Å²) in [5.74, 6) is 0.804. The third kappa shape index (κ3) is 3.18. The van der Waals surface area contributed by atoms with Gasteiger partial charge >= 0.3 is 0 Å². The normalized spacial score (nSPS) is 14.5. The summed E-state index contributed by atoms with van der Waals surface area (Å²) < 4.78 is 12.2. The molecule has 0 saturated carbocycles. The standard InChI is InChI=1S/C11H20BrNO2Si/c1-7-8(12)9(13-14-7)10(11(2,3)4)15-16(5)6/h10,16H,1-6H3. The van der Waals surface area contributed by atoms with Gasteiger partial charge in [-0.3, -0.25) is 0 Å². The fourth-order valence-electron chi connectivity index (χ4n) is 1.49. The molecule has 3 nitrogen and oxygen atoms in total. The molecule has 92 valence electrons. The molecule has 0 spiro atoms. The van der Waals surface area contributed by atoms with Gasteiger partial charge in [-0.2, -0.15) is 0 Å². The molecule has 0 saturated heterocycles. The molecule has 5 heteroatoms. The Bertz CT molecular complexity index is 357. The molecule has 1 rings (SSSR count). The van der Waals surface area contributed by atoms with Crippen LogP contribution in [0.15, 0.2) is 9.00 Å². The van der Waals surface area contributed by atoms with Crippen LogP contribution in [0.4, 0.5) is 0 Å². The van der Waals surface area contributed by atoms with Gasteiger partial charge in [-0.15, -0.1) is 0 Å². The molecule has 16 heavy (non-hydrogen) atoms. The van der Waals surface area contributed by atoms with Gasteiger partial charge in [-0.1, -0.05) is 25.9 Å². The Kier molecular flexibility index (Phi) is 4.37. The summed E-state index contributed by atoms with van der Waals surface area (Å²) in [5, 5.41) is 4.11. The summed E-state index contributed by atoms with van der Waals surface area (Å²) in [6.07, 6.45) is -0.00834. The van der Waals surface area contributed by atoms with E-state index in [2.05, 4.69) is 55.0 Å². The molecule has 0 bridgehead atoms. The zero-order valence-electron chi connectivity index (χ0n) is 10.8. The SMILES string of the molecule is Cc1onc(C(O[SiH](C)C)C(C)(C)C)c1Br. The molecule has 1 aromatic rings. The lowest BCUT2D eigenvalue weighted by molar-refractivity contribution is 0.0789. The fraction of sp³-hybridized carbons (Fsp3) is 0.727. The lowest BCUT2D eigenvalue weighted by atomic mass is 9.87. The Balaban J connectivity index is 3.07. The smallest absolute Gasteiger partial charge is 0.171 e. The van der Waals surface area contributed by atoms with Crippen LogP contribution in [0.3, 0.4) is 0 Å². The topological polar surface area (TPSA) is 35.3 Å². The number of hydrogen-bond donors (Lipinski definition) is 0. The molecular formula is C11H20BrNO2Si. The third-order valence-electron chi connectivity index (χ3n) is 2.26. The first kappa shape index (κ1) is 13.9. The van der Waals surface area contributed by atoms with Crippen molar-refractivity contribution in [1.82, 2.24) is 5.16 Å². The van der Waals surface area contributed by atoms with Crippen molar-refractivity contribution in [3.63, 3.8) is 0 Å². The number of aromatic nitrogens is 1. The minimum atomic E-state index is -1.11. The van der Waals surface area contributed by atoms with E-state index in [1.807, 2.05) is 6.92 Å². The van der Waals surface area contributed by atoms with E-state index in [9.17, 15) is 0 Å². The number of rotatable bonds is 3. The molecule has 1 unspecified atom stereocenters. The van der Waals surface area contributed by atoms with Crippen LogP contribution >= 0.6 is 15.9 Å². The van der Waals surface area contributed by atoms with Crippen molar-refractivity contribution in [2.24, 2.45) is 5.41 Å².